The van der Waals surface area contributed by atoms with Gasteiger partial charge in [0.25, 0.3) is 11.8 Å². The average molecular weight is 931 g/mol. The number of hydrogen-bond donors (Lipinski definition) is 2. The Bertz CT molecular complexity index is 3280. The molecule has 1 aromatic heterocycles. The summed E-state index contributed by atoms with van der Waals surface area (Å²) < 4.78 is 16.7. The molecule has 11 rings (SSSR count). The number of aryl methyl sites for hydroxylation is 2. The molecule has 6 aromatic rings. The molecule has 0 radical (unpaired) electrons. The Labute approximate surface area is 398 Å². The number of carboxylic acid groups (broad SMARTS) is 1. The van der Waals surface area contributed by atoms with Crippen molar-refractivity contribution in [1.29, 1.82) is 0 Å². The van der Waals surface area contributed by atoms with Gasteiger partial charge in [0, 0.05) is 105 Å². The number of fused-ring (bicyclic) bond motifs is 5. The van der Waals surface area contributed by atoms with Crippen LogP contribution in [-0.4, -0.2) is 74.6 Å². The number of nitrogens with zero attached hydrogens (tertiary/aromatic N) is 3. The van der Waals surface area contributed by atoms with E-state index in [1.807, 2.05) is 19.1 Å². The highest BCUT2D eigenvalue weighted by molar-refractivity contribution is 6.30. The molecule has 0 saturated carbocycles. The van der Waals surface area contributed by atoms with E-state index in [-0.39, 0.29) is 42.5 Å². The van der Waals surface area contributed by atoms with Crippen LogP contribution in [0.4, 0.5) is 5.69 Å². The second-order valence-corrected chi connectivity index (χ2v) is 19.1. The zero-order valence-corrected chi connectivity index (χ0v) is 39.1. The first-order valence-electron chi connectivity index (χ1n) is 23.9. The van der Waals surface area contributed by atoms with Crippen LogP contribution in [-0.2, 0) is 36.9 Å². The first-order valence-corrected chi connectivity index (χ1v) is 24.3. The highest BCUT2D eigenvalue weighted by Crippen LogP contribution is 2.49. The van der Waals surface area contributed by atoms with Crippen LogP contribution < -0.4 is 45.3 Å². The number of rotatable bonds is 11. The molecule has 2 amide bonds. The molecule has 6 heterocycles. The topological polar surface area (TPSA) is 145 Å². The van der Waals surface area contributed by atoms with E-state index in [4.69, 9.17) is 21.1 Å². The van der Waals surface area contributed by atoms with Crippen LogP contribution in [0.2, 0.25) is 5.02 Å². The first kappa shape index (κ1) is 43.6. The Morgan fingerprint density at radius 2 is 1.53 bits per heavy atom. The number of amides is 2. The number of ether oxygens (including phenoxy) is 2. The number of aromatic nitrogens is 1. The van der Waals surface area contributed by atoms with E-state index in [0.29, 0.717) is 45.1 Å². The summed E-state index contributed by atoms with van der Waals surface area (Å²) in [6.45, 7) is 6.41. The van der Waals surface area contributed by atoms with E-state index in [2.05, 4.69) is 32.2 Å². The minimum atomic E-state index is -1.36. The fraction of sp³-hybridized carbons (Fsp3) is 0.327. The lowest BCUT2D eigenvalue weighted by atomic mass is 9.81. The van der Waals surface area contributed by atoms with Crippen LogP contribution in [0.1, 0.15) is 108 Å². The zero-order chi connectivity index (χ0) is 46.8. The number of carboxylic acids is 1. The van der Waals surface area contributed by atoms with Gasteiger partial charge < -0.3 is 34.9 Å². The molecule has 0 atom stereocenters. The number of methoxy groups -OCH3 is 1. The lowest BCUT2D eigenvalue weighted by Crippen LogP contribution is -2.45. The van der Waals surface area contributed by atoms with E-state index < -0.39 is 11.9 Å². The van der Waals surface area contributed by atoms with Gasteiger partial charge in [0.05, 0.1) is 30.6 Å². The van der Waals surface area contributed by atoms with Crippen molar-refractivity contribution in [1.82, 2.24) is 19.8 Å². The molecular formula is C55H52ClN5O7. The number of hydrogen-bond acceptors (Lipinski definition) is 8. The fourth-order valence-corrected chi connectivity index (χ4v) is 11.6. The summed E-state index contributed by atoms with van der Waals surface area (Å²) in [5, 5.41) is 22.6. The summed E-state index contributed by atoms with van der Waals surface area (Å²) in [7, 11) is 1.57. The van der Waals surface area contributed by atoms with Crippen molar-refractivity contribution in [3.8, 4) is 17.2 Å². The van der Waals surface area contributed by atoms with E-state index in [1.54, 1.807) is 54.1 Å². The molecule has 13 heteroatoms. The number of carbonyl (C=O) groups is 4. The summed E-state index contributed by atoms with van der Waals surface area (Å²) in [6.07, 6.45) is 8.28. The van der Waals surface area contributed by atoms with Crippen molar-refractivity contribution in [2.45, 2.75) is 71.1 Å². The summed E-state index contributed by atoms with van der Waals surface area (Å²) >= 11 is 6.09. The smallest absolute Gasteiger partial charge is 0.262 e. The van der Waals surface area contributed by atoms with Gasteiger partial charge in [0.2, 0.25) is 11.3 Å². The normalized spacial score (nSPS) is 15.4. The maximum atomic E-state index is 13.7. The SMILES string of the molecule is COc1ccc2c(c1)c(CC(=O)NCCCNC(=O)c1ccc(C3=c4cc5c6c(c4Oc4c3cc3c7c4CCCN7CCC3)CCC[N+]=6CCC5)c(C(=O)[O-])c1)c(C)n2C(=O)c1ccc(Cl)cc1. The lowest BCUT2D eigenvalue weighted by Gasteiger charge is -2.39. The van der Waals surface area contributed by atoms with Gasteiger partial charge in [-0.05, 0) is 135 Å². The molecule has 0 aliphatic carbocycles. The van der Waals surface area contributed by atoms with E-state index in [0.717, 1.165) is 111 Å². The Hall–Kier alpha value is -6.92. The van der Waals surface area contributed by atoms with Gasteiger partial charge in [0.15, 0.2) is 0 Å². The van der Waals surface area contributed by atoms with E-state index >= 15 is 0 Å². The predicted molar refractivity (Wildman–Crippen MR) is 259 cm³/mol. The number of halogens is 1. The van der Waals surface area contributed by atoms with Crippen molar-refractivity contribution in [3.05, 3.63) is 150 Å². The molecule has 0 fully saturated rings. The minimum Gasteiger partial charge on any atom is -0.545 e. The van der Waals surface area contributed by atoms with Crippen LogP contribution in [0.5, 0.6) is 17.2 Å². The molecule has 0 bridgehead atoms. The van der Waals surface area contributed by atoms with Gasteiger partial charge in [-0.15, -0.1) is 0 Å². The Kier molecular flexibility index (Phi) is 11.3. The largest absolute Gasteiger partial charge is 0.545 e. The molecule has 2 N–H and O–H groups in total. The van der Waals surface area contributed by atoms with Gasteiger partial charge >= 0.3 is 0 Å². The van der Waals surface area contributed by atoms with Crippen molar-refractivity contribution < 1.29 is 33.8 Å². The van der Waals surface area contributed by atoms with E-state index in [9.17, 15) is 24.3 Å². The van der Waals surface area contributed by atoms with Crippen molar-refractivity contribution >= 4 is 57.5 Å². The number of nitrogens with one attached hydrogen (secondary N) is 2. The predicted octanol–water partition coefficient (Wildman–Crippen LogP) is 5.58. The third kappa shape index (κ3) is 7.49. The highest BCUT2D eigenvalue weighted by Gasteiger charge is 2.36. The van der Waals surface area contributed by atoms with Crippen molar-refractivity contribution in [2.75, 3.05) is 51.3 Å². The highest BCUT2D eigenvalue weighted by atomic mass is 35.5. The Balaban J connectivity index is 0.841. The van der Waals surface area contributed by atoms with Crippen molar-refractivity contribution in [3.63, 3.8) is 0 Å². The molecule has 0 saturated heterocycles. The zero-order valence-electron chi connectivity index (χ0n) is 38.3. The number of carbonyl (C=O) groups excluding carboxylic acids is 4. The molecule has 5 aliphatic rings. The van der Waals surface area contributed by atoms with Crippen LogP contribution in [0.25, 0.3) is 16.5 Å². The third-order valence-corrected chi connectivity index (χ3v) is 14.8. The van der Waals surface area contributed by atoms with Crippen LogP contribution in [0.3, 0.4) is 0 Å². The minimum absolute atomic E-state index is 0.0195. The van der Waals surface area contributed by atoms with Gasteiger partial charge in [-0.1, -0.05) is 17.7 Å². The standard InChI is InChI=1S/C55H52ClN5O7/c1-31-41(42-29-37(67-2)17-19-46(42)61(31)54(64)32-12-15-36(56)16-13-32)30-47(62)57-20-7-21-58-53(63)35-14-18-38(43(28-35)55(65)66)48-44-26-33-8-3-22-59-24-5-10-39(49(33)59)51(44)68-52-40-11-6-25-60-23-4-9-34(50(40)60)27-45(48)52/h12-19,26-29H,3-11,20-25,30H2,1-2H3,(H2-,57,58,62,63,65,66). The number of aromatic carboxylic acids is 1. The molecule has 5 aliphatic heterocycles. The molecule has 0 unspecified atom stereocenters. The summed E-state index contributed by atoms with van der Waals surface area (Å²) in [6, 6.07) is 21.5. The molecule has 68 heavy (non-hydrogen) atoms. The Morgan fingerprint density at radius 1 is 0.794 bits per heavy atom. The fourth-order valence-electron chi connectivity index (χ4n) is 11.5. The molecular weight excluding hydrogens is 878 g/mol. The van der Waals surface area contributed by atoms with Crippen molar-refractivity contribution in [2.24, 2.45) is 0 Å². The second kappa shape index (κ2) is 17.6. The average Bonchev–Trinajstić information content (AvgIpc) is 3.62. The van der Waals surface area contributed by atoms with E-state index in [1.165, 1.54) is 39.4 Å². The number of benzene rings is 5. The van der Waals surface area contributed by atoms with Crippen LogP contribution in [0, 0.1) is 6.92 Å². The van der Waals surface area contributed by atoms with Crippen LogP contribution in [0.15, 0.2) is 72.8 Å². The second-order valence-electron chi connectivity index (χ2n) is 18.6. The monoisotopic (exact) mass is 929 g/mol. The van der Waals surface area contributed by atoms with Crippen LogP contribution >= 0.6 is 11.6 Å². The molecule has 12 nitrogen and oxygen atoms in total. The van der Waals surface area contributed by atoms with Gasteiger partial charge in [0.1, 0.15) is 30.3 Å². The van der Waals surface area contributed by atoms with Gasteiger partial charge in [-0.2, -0.15) is 0 Å². The summed E-state index contributed by atoms with van der Waals surface area (Å²) in [4.78, 5) is 56.6. The number of anilines is 1. The summed E-state index contributed by atoms with van der Waals surface area (Å²) in [5.41, 5.74) is 11.1. The first-order chi connectivity index (χ1) is 33.1. The summed E-state index contributed by atoms with van der Waals surface area (Å²) in [5.74, 6) is -0.0202. The maximum absolute atomic E-state index is 13.7. The molecule has 346 valence electrons. The Morgan fingerprint density at radius 3 is 2.32 bits per heavy atom. The maximum Gasteiger partial charge on any atom is 0.262 e. The quantitative estimate of drug-likeness (QED) is 0.127. The van der Waals surface area contributed by atoms with Gasteiger partial charge in [-0.25, -0.2) is 4.58 Å². The molecule has 0 spiro atoms. The third-order valence-electron chi connectivity index (χ3n) is 14.6. The lowest BCUT2D eigenvalue weighted by molar-refractivity contribution is -0.255. The van der Waals surface area contributed by atoms with Gasteiger partial charge in [-0.3, -0.25) is 19.0 Å². The molecule has 5 aromatic carbocycles.